The molecule has 1 heterocycles. The molecule has 0 fully saturated rings. The van der Waals surface area contributed by atoms with Gasteiger partial charge in [0.05, 0.1) is 12.3 Å². The number of fused-ring (bicyclic) bond motifs is 1. The van der Waals surface area contributed by atoms with Crippen LogP contribution in [-0.4, -0.2) is 23.4 Å². The summed E-state index contributed by atoms with van der Waals surface area (Å²) in [7, 11) is 0. The molecule has 0 aliphatic heterocycles. The fourth-order valence-corrected chi connectivity index (χ4v) is 2.46. The first-order valence-corrected chi connectivity index (χ1v) is 7.91. The number of hydrogen-bond donors (Lipinski definition) is 0. The van der Waals surface area contributed by atoms with Crippen molar-refractivity contribution in [3.63, 3.8) is 0 Å². The standard InChI is InChI=1S/C19H15ClN2O2/c1-2-24-19(23)22-18(13-7-9-16(20)10-8-13)17-11-14-5-3-4-6-15(14)12-21-17/h3-12H,2H2,1H3. The van der Waals surface area contributed by atoms with Crippen LogP contribution in [0.1, 0.15) is 18.2 Å². The van der Waals surface area contributed by atoms with Crippen LogP contribution in [0.5, 0.6) is 0 Å². The van der Waals surface area contributed by atoms with Gasteiger partial charge in [-0.05, 0) is 30.5 Å². The van der Waals surface area contributed by atoms with Crippen molar-refractivity contribution in [1.82, 2.24) is 4.98 Å². The van der Waals surface area contributed by atoms with Gasteiger partial charge in [0.25, 0.3) is 0 Å². The van der Waals surface area contributed by atoms with Gasteiger partial charge in [-0.15, -0.1) is 0 Å². The third-order valence-corrected chi connectivity index (χ3v) is 3.71. The lowest BCUT2D eigenvalue weighted by molar-refractivity contribution is 0.163. The van der Waals surface area contributed by atoms with Crippen LogP contribution in [-0.2, 0) is 4.74 Å². The molecule has 0 radical (unpaired) electrons. The Bertz CT molecular complexity index is 905. The van der Waals surface area contributed by atoms with Gasteiger partial charge in [-0.1, -0.05) is 48.0 Å². The minimum absolute atomic E-state index is 0.265. The molecule has 0 bridgehead atoms. The Balaban J connectivity index is 2.11. The molecule has 3 aromatic rings. The maximum atomic E-state index is 11.9. The second kappa shape index (κ2) is 7.23. The van der Waals surface area contributed by atoms with Crippen LogP contribution in [0.15, 0.2) is 65.8 Å². The summed E-state index contributed by atoms with van der Waals surface area (Å²) in [5.74, 6) is 0. The van der Waals surface area contributed by atoms with Gasteiger partial charge in [-0.2, -0.15) is 4.99 Å². The average Bonchev–Trinajstić information content (AvgIpc) is 2.60. The number of carbonyl (C=O) groups is 1. The number of benzene rings is 2. The van der Waals surface area contributed by atoms with E-state index in [-0.39, 0.29) is 6.61 Å². The fraction of sp³-hybridized carbons (Fsp3) is 0.105. The minimum Gasteiger partial charge on any atom is -0.448 e. The second-order valence-electron chi connectivity index (χ2n) is 5.08. The van der Waals surface area contributed by atoms with Crippen molar-refractivity contribution in [3.05, 3.63) is 77.1 Å². The largest absolute Gasteiger partial charge is 0.448 e. The molecule has 120 valence electrons. The van der Waals surface area contributed by atoms with Gasteiger partial charge in [0.15, 0.2) is 0 Å². The summed E-state index contributed by atoms with van der Waals surface area (Å²) < 4.78 is 4.95. The summed E-state index contributed by atoms with van der Waals surface area (Å²) >= 11 is 5.95. The minimum atomic E-state index is -0.641. The molecule has 1 amide bonds. The van der Waals surface area contributed by atoms with E-state index in [1.54, 1.807) is 37.4 Å². The summed E-state index contributed by atoms with van der Waals surface area (Å²) in [6.07, 6.45) is 1.12. The van der Waals surface area contributed by atoms with E-state index in [1.165, 1.54) is 0 Å². The Labute approximate surface area is 144 Å². The third-order valence-electron chi connectivity index (χ3n) is 3.46. The molecule has 0 unspecified atom stereocenters. The molecule has 0 N–H and O–H groups in total. The number of hydrogen-bond acceptors (Lipinski definition) is 3. The zero-order valence-corrected chi connectivity index (χ0v) is 13.8. The average molecular weight is 339 g/mol. The maximum absolute atomic E-state index is 11.9. The van der Waals surface area contributed by atoms with Crippen molar-refractivity contribution in [2.45, 2.75) is 6.92 Å². The predicted molar refractivity (Wildman–Crippen MR) is 95.9 cm³/mol. The van der Waals surface area contributed by atoms with Crippen LogP contribution in [0, 0.1) is 0 Å². The van der Waals surface area contributed by atoms with Crippen LogP contribution in [0.25, 0.3) is 10.8 Å². The zero-order chi connectivity index (χ0) is 16.9. The van der Waals surface area contributed by atoms with E-state index < -0.39 is 6.09 Å². The molecule has 2 aromatic carbocycles. The number of ether oxygens (including phenoxy) is 1. The molecule has 0 aliphatic carbocycles. The van der Waals surface area contributed by atoms with Gasteiger partial charge in [-0.3, -0.25) is 4.98 Å². The number of carbonyl (C=O) groups excluding carboxylic acids is 1. The van der Waals surface area contributed by atoms with E-state index in [4.69, 9.17) is 16.3 Å². The number of aromatic nitrogens is 1. The van der Waals surface area contributed by atoms with Gasteiger partial charge in [0.2, 0.25) is 0 Å². The summed E-state index contributed by atoms with van der Waals surface area (Å²) in [4.78, 5) is 20.4. The molecule has 24 heavy (non-hydrogen) atoms. The molecule has 0 spiro atoms. The molecule has 3 rings (SSSR count). The summed E-state index contributed by atoms with van der Waals surface area (Å²) in [6, 6.07) is 16.9. The monoisotopic (exact) mass is 338 g/mol. The molecular weight excluding hydrogens is 324 g/mol. The predicted octanol–water partition coefficient (Wildman–Crippen LogP) is 4.88. The van der Waals surface area contributed by atoms with Gasteiger partial charge in [0.1, 0.15) is 5.71 Å². The first-order valence-electron chi connectivity index (χ1n) is 7.54. The molecule has 0 atom stereocenters. The highest BCUT2D eigenvalue weighted by Gasteiger charge is 2.12. The number of aliphatic imine (C=N–C) groups is 1. The van der Waals surface area contributed by atoms with E-state index in [1.807, 2.05) is 30.3 Å². The Kier molecular flexibility index (Phi) is 4.87. The molecule has 4 nitrogen and oxygen atoms in total. The molecule has 1 aromatic heterocycles. The second-order valence-corrected chi connectivity index (χ2v) is 5.52. The highest BCUT2D eigenvalue weighted by Crippen LogP contribution is 2.18. The van der Waals surface area contributed by atoms with Crippen LogP contribution in [0.3, 0.4) is 0 Å². The Hall–Kier alpha value is -2.72. The quantitative estimate of drug-likeness (QED) is 0.639. The highest BCUT2D eigenvalue weighted by atomic mass is 35.5. The van der Waals surface area contributed by atoms with E-state index in [0.29, 0.717) is 16.4 Å². The Morgan fingerprint density at radius 3 is 2.54 bits per heavy atom. The van der Waals surface area contributed by atoms with Crippen molar-refractivity contribution >= 4 is 34.2 Å². The first kappa shape index (κ1) is 16.1. The van der Waals surface area contributed by atoms with E-state index in [9.17, 15) is 4.79 Å². The first-order chi connectivity index (χ1) is 11.7. The number of halogens is 1. The SMILES string of the molecule is CCOC(=O)N=C(c1ccc(Cl)cc1)c1cc2ccccc2cn1. The van der Waals surface area contributed by atoms with Crippen molar-refractivity contribution in [2.75, 3.05) is 6.61 Å². The smallest absolute Gasteiger partial charge is 0.434 e. The van der Waals surface area contributed by atoms with Crippen molar-refractivity contribution in [1.29, 1.82) is 0 Å². The lowest BCUT2D eigenvalue weighted by Gasteiger charge is -2.08. The normalized spacial score (nSPS) is 11.5. The van der Waals surface area contributed by atoms with Crippen LogP contribution >= 0.6 is 11.6 Å². The van der Waals surface area contributed by atoms with Crippen molar-refractivity contribution in [3.8, 4) is 0 Å². The van der Waals surface area contributed by atoms with E-state index in [2.05, 4.69) is 9.98 Å². The van der Waals surface area contributed by atoms with Crippen LogP contribution in [0.2, 0.25) is 5.02 Å². The van der Waals surface area contributed by atoms with Gasteiger partial charge >= 0.3 is 6.09 Å². The Morgan fingerprint density at radius 1 is 1.12 bits per heavy atom. The lowest BCUT2D eigenvalue weighted by atomic mass is 10.0. The Morgan fingerprint density at radius 2 is 1.83 bits per heavy atom. The van der Waals surface area contributed by atoms with E-state index >= 15 is 0 Å². The molecule has 5 heteroatoms. The number of pyridine rings is 1. The van der Waals surface area contributed by atoms with Crippen molar-refractivity contribution < 1.29 is 9.53 Å². The number of rotatable bonds is 3. The molecule has 0 saturated heterocycles. The van der Waals surface area contributed by atoms with Crippen molar-refractivity contribution in [2.24, 2.45) is 4.99 Å². The molecule has 0 saturated carbocycles. The summed E-state index contributed by atoms with van der Waals surface area (Å²) in [5, 5.41) is 2.65. The fourth-order valence-electron chi connectivity index (χ4n) is 2.34. The van der Waals surface area contributed by atoms with Gasteiger partial charge in [-0.25, -0.2) is 4.79 Å². The van der Waals surface area contributed by atoms with Crippen LogP contribution < -0.4 is 0 Å². The van der Waals surface area contributed by atoms with Gasteiger partial charge < -0.3 is 4.74 Å². The van der Waals surface area contributed by atoms with Gasteiger partial charge in [0, 0.05) is 22.2 Å². The molecular formula is C19H15ClN2O2. The highest BCUT2D eigenvalue weighted by molar-refractivity contribution is 6.30. The number of nitrogens with zero attached hydrogens (tertiary/aromatic N) is 2. The zero-order valence-electron chi connectivity index (χ0n) is 13.1. The van der Waals surface area contributed by atoms with E-state index in [0.717, 1.165) is 16.3 Å². The summed E-state index contributed by atoms with van der Waals surface area (Å²) in [6.45, 7) is 2.00. The third kappa shape index (κ3) is 3.60. The number of amides is 1. The molecule has 0 aliphatic rings. The summed E-state index contributed by atoms with van der Waals surface area (Å²) in [5.41, 5.74) is 1.80. The topological polar surface area (TPSA) is 51.5 Å². The maximum Gasteiger partial charge on any atom is 0.434 e. The van der Waals surface area contributed by atoms with Crippen LogP contribution in [0.4, 0.5) is 4.79 Å². The lowest BCUT2D eigenvalue weighted by Crippen LogP contribution is -2.10.